The summed E-state index contributed by atoms with van der Waals surface area (Å²) in [4.78, 5) is 15.9. The highest BCUT2D eigenvalue weighted by molar-refractivity contribution is 6.42. The Morgan fingerprint density at radius 3 is 2.29 bits per heavy atom. The zero-order chi connectivity index (χ0) is 16.2. The minimum Gasteiger partial charge on any atom is -0.336 e. The number of likely N-dealkylation sites (N-methyl/N-ethyl adjacent to an activating group) is 1. The fourth-order valence-corrected chi connectivity index (χ4v) is 2.27. The average molecular weight is 352 g/mol. The Morgan fingerprint density at radius 2 is 1.81 bits per heavy atom. The second kappa shape index (κ2) is 7.68. The van der Waals surface area contributed by atoms with Crippen molar-refractivity contribution in [1.29, 1.82) is 0 Å². The molecule has 0 N–H and O–H groups in total. The van der Waals surface area contributed by atoms with Gasteiger partial charge in [-0.3, -0.25) is 4.79 Å². The van der Waals surface area contributed by atoms with Crippen molar-refractivity contribution in [3.8, 4) is 0 Å². The van der Waals surface area contributed by atoms with Gasteiger partial charge in [-0.05, 0) is 45.6 Å². The summed E-state index contributed by atoms with van der Waals surface area (Å²) in [6.07, 6.45) is 0. The smallest absolute Gasteiger partial charge is 0.237 e. The number of carbonyl (C=O) groups is 1. The summed E-state index contributed by atoms with van der Waals surface area (Å²) >= 11 is 17.7. The third-order valence-corrected chi connectivity index (χ3v) is 4.58. The topological polar surface area (TPSA) is 23.6 Å². The van der Waals surface area contributed by atoms with Gasteiger partial charge in [0.2, 0.25) is 5.91 Å². The van der Waals surface area contributed by atoms with Gasteiger partial charge in [0.15, 0.2) is 0 Å². The van der Waals surface area contributed by atoms with Crippen LogP contribution in [0.25, 0.3) is 0 Å². The zero-order valence-electron chi connectivity index (χ0n) is 12.8. The number of carbonyl (C=O) groups excluding carboxylic acids is 1. The number of hydrogen-bond donors (Lipinski definition) is 0. The Morgan fingerprint density at radius 1 is 1.19 bits per heavy atom. The van der Waals surface area contributed by atoms with Crippen LogP contribution in [0.15, 0.2) is 18.2 Å². The van der Waals surface area contributed by atoms with Gasteiger partial charge in [0.05, 0.1) is 10.0 Å². The van der Waals surface area contributed by atoms with E-state index in [9.17, 15) is 4.79 Å². The average Bonchev–Trinajstić information content (AvgIpc) is 2.40. The van der Waals surface area contributed by atoms with Crippen LogP contribution in [0.4, 0.5) is 0 Å². The van der Waals surface area contributed by atoms with Crippen molar-refractivity contribution in [2.45, 2.75) is 25.9 Å². The molecular weight excluding hydrogens is 331 g/mol. The van der Waals surface area contributed by atoms with Crippen LogP contribution in [0.3, 0.4) is 0 Å². The van der Waals surface area contributed by atoms with E-state index in [4.69, 9.17) is 34.8 Å². The van der Waals surface area contributed by atoms with E-state index in [1.54, 1.807) is 17.0 Å². The molecule has 0 saturated heterocycles. The largest absolute Gasteiger partial charge is 0.336 e. The van der Waals surface area contributed by atoms with Crippen LogP contribution in [-0.4, -0.2) is 47.8 Å². The highest BCUT2D eigenvalue weighted by Crippen LogP contribution is 2.24. The van der Waals surface area contributed by atoms with Crippen LogP contribution >= 0.6 is 34.8 Å². The van der Waals surface area contributed by atoms with Crippen LogP contribution in [0.5, 0.6) is 0 Å². The molecule has 1 rings (SSSR count). The first-order valence-electron chi connectivity index (χ1n) is 6.62. The summed E-state index contributed by atoms with van der Waals surface area (Å²) in [5.74, 6) is -0.136. The van der Waals surface area contributed by atoms with E-state index in [0.717, 1.165) is 5.56 Å². The van der Waals surface area contributed by atoms with Crippen LogP contribution in [-0.2, 0) is 11.3 Å². The summed E-state index contributed by atoms with van der Waals surface area (Å²) in [5.41, 5.74) is 0.773. The minimum absolute atomic E-state index is 0.0369. The van der Waals surface area contributed by atoms with E-state index < -0.39 is 0 Å². The van der Waals surface area contributed by atoms with Crippen molar-refractivity contribution in [1.82, 2.24) is 9.80 Å². The molecule has 0 atom stereocenters. The van der Waals surface area contributed by atoms with Crippen molar-refractivity contribution < 1.29 is 4.79 Å². The molecule has 0 aliphatic carbocycles. The van der Waals surface area contributed by atoms with Crippen molar-refractivity contribution >= 4 is 40.7 Å². The SMILES string of the molecule is CN(C)C(C)(C)CN(Cc1ccc(Cl)c(Cl)c1)C(=O)CCl. The molecule has 0 unspecified atom stereocenters. The monoisotopic (exact) mass is 350 g/mol. The molecule has 0 aliphatic rings. The first-order chi connectivity index (χ1) is 9.67. The molecule has 0 aromatic heterocycles. The van der Waals surface area contributed by atoms with Crippen molar-refractivity contribution in [2.75, 3.05) is 26.5 Å². The first-order valence-corrected chi connectivity index (χ1v) is 7.91. The van der Waals surface area contributed by atoms with Gasteiger partial charge in [0.1, 0.15) is 5.88 Å². The maximum absolute atomic E-state index is 12.1. The number of benzene rings is 1. The predicted molar refractivity (Wildman–Crippen MR) is 90.4 cm³/mol. The van der Waals surface area contributed by atoms with Crippen molar-refractivity contribution in [3.05, 3.63) is 33.8 Å². The fraction of sp³-hybridized carbons (Fsp3) is 0.533. The minimum atomic E-state index is -0.155. The van der Waals surface area contributed by atoms with Crippen molar-refractivity contribution in [3.63, 3.8) is 0 Å². The van der Waals surface area contributed by atoms with Crippen molar-refractivity contribution in [2.24, 2.45) is 0 Å². The first kappa shape index (κ1) is 18.6. The third kappa shape index (κ3) is 5.33. The predicted octanol–water partition coefficient (Wildman–Crippen LogP) is 3.90. The van der Waals surface area contributed by atoms with Gasteiger partial charge in [0, 0.05) is 18.6 Å². The molecule has 0 fully saturated rings. The molecule has 0 radical (unpaired) electrons. The Bertz CT molecular complexity index is 504. The number of rotatable bonds is 6. The Hall–Kier alpha value is -0.480. The van der Waals surface area contributed by atoms with E-state index in [-0.39, 0.29) is 17.3 Å². The Kier molecular flexibility index (Phi) is 6.79. The van der Waals surface area contributed by atoms with Gasteiger partial charge >= 0.3 is 0 Å². The molecule has 0 bridgehead atoms. The van der Waals surface area contributed by atoms with Crippen LogP contribution in [0, 0.1) is 0 Å². The lowest BCUT2D eigenvalue weighted by Gasteiger charge is -2.37. The van der Waals surface area contributed by atoms with Gasteiger partial charge in [-0.2, -0.15) is 0 Å². The summed E-state index contributed by atoms with van der Waals surface area (Å²) in [6, 6.07) is 5.38. The van der Waals surface area contributed by atoms with Gasteiger partial charge < -0.3 is 9.80 Å². The number of nitrogens with zero attached hydrogens (tertiary/aromatic N) is 2. The normalized spacial score (nSPS) is 11.8. The van der Waals surface area contributed by atoms with Crippen LogP contribution < -0.4 is 0 Å². The molecule has 1 amide bonds. The Balaban J connectivity index is 2.93. The highest BCUT2D eigenvalue weighted by atomic mass is 35.5. The second-order valence-corrected chi connectivity index (χ2v) is 6.92. The lowest BCUT2D eigenvalue weighted by atomic mass is 10.0. The summed E-state index contributed by atoms with van der Waals surface area (Å²) in [7, 11) is 3.98. The van der Waals surface area contributed by atoms with E-state index in [1.807, 2.05) is 20.2 Å². The summed E-state index contributed by atoms with van der Waals surface area (Å²) in [5, 5.41) is 0.989. The number of amides is 1. The fourth-order valence-electron chi connectivity index (χ4n) is 1.78. The van der Waals surface area contributed by atoms with Gasteiger partial charge in [-0.15, -0.1) is 11.6 Å². The molecule has 3 nitrogen and oxygen atoms in total. The molecule has 0 saturated carbocycles. The quantitative estimate of drug-likeness (QED) is 0.726. The van der Waals surface area contributed by atoms with E-state index in [0.29, 0.717) is 23.1 Å². The highest BCUT2D eigenvalue weighted by Gasteiger charge is 2.26. The van der Waals surface area contributed by atoms with Gasteiger partial charge in [-0.1, -0.05) is 29.3 Å². The Labute approximate surface area is 141 Å². The molecular formula is C15H21Cl3N2O. The van der Waals surface area contributed by atoms with E-state index >= 15 is 0 Å². The molecule has 6 heteroatoms. The second-order valence-electron chi connectivity index (χ2n) is 5.84. The molecule has 118 valence electrons. The van der Waals surface area contributed by atoms with Crippen LogP contribution in [0.2, 0.25) is 10.0 Å². The summed E-state index contributed by atoms with van der Waals surface area (Å²) in [6.45, 7) is 5.19. The van der Waals surface area contributed by atoms with E-state index in [2.05, 4.69) is 18.7 Å². The summed E-state index contributed by atoms with van der Waals surface area (Å²) < 4.78 is 0. The third-order valence-electron chi connectivity index (χ3n) is 3.61. The number of alkyl halides is 1. The maximum Gasteiger partial charge on any atom is 0.237 e. The van der Waals surface area contributed by atoms with E-state index in [1.165, 1.54) is 0 Å². The number of halogens is 3. The zero-order valence-corrected chi connectivity index (χ0v) is 15.1. The lowest BCUT2D eigenvalue weighted by molar-refractivity contribution is -0.130. The van der Waals surface area contributed by atoms with Gasteiger partial charge in [-0.25, -0.2) is 0 Å². The standard InChI is InChI=1S/C15H21Cl3N2O/c1-15(2,19(3)4)10-20(14(21)8-16)9-11-5-6-12(17)13(18)7-11/h5-7H,8-10H2,1-4H3. The molecule has 0 heterocycles. The molecule has 21 heavy (non-hydrogen) atoms. The van der Waals surface area contributed by atoms with Gasteiger partial charge in [0.25, 0.3) is 0 Å². The molecule has 0 spiro atoms. The molecule has 1 aromatic rings. The number of hydrogen-bond acceptors (Lipinski definition) is 2. The van der Waals surface area contributed by atoms with Crippen LogP contribution in [0.1, 0.15) is 19.4 Å². The lowest BCUT2D eigenvalue weighted by Crippen LogP contribution is -2.50. The molecule has 1 aromatic carbocycles. The molecule has 0 aliphatic heterocycles. The maximum atomic E-state index is 12.1.